The molecule has 2 N–H and O–H groups in total. The van der Waals surface area contributed by atoms with Gasteiger partial charge in [0.2, 0.25) is 15.9 Å². The molecule has 1 aromatic carbocycles. The predicted octanol–water partition coefficient (Wildman–Crippen LogP) is -0.198. The molecule has 1 heterocycles. The van der Waals surface area contributed by atoms with E-state index < -0.39 is 16.1 Å². The van der Waals surface area contributed by atoms with E-state index in [1.165, 1.54) is 19.1 Å². The number of amides is 1. The second kappa shape index (κ2) is 8.39. The number of rotatable bonds is 7. The van der Waals surface area contributed by atoms with E-state index in [0.717, 1.165) is 19.6 Å². The number of sulfonamides is 1. The number of nitrogens with one attached hydrogen (secondary N) is 2. The molecule has 1 aliphatic rings. The van der Waals surface area contributed by atoms with Crippen molar-refractivity contribution in [2.24, 2.45) is 0 Å². The molecule has 128 valence electrons. The van der Waals surface area contributed by atoms with Gasteiger partial charge in [-0.1, -0.05) is 18.2 Å². The van der Waals surface area contributed by atoms with Crippen LogP contribution in [0.3, 0.4) is 0 Å². The lowest BCUT2D eigenvalue weighted by Gasteiger charge is -2.26. The van der Waals surface area contributed by atoms with E-state index in [4.69, 9.17) is 4.74 Å². The van der Waals surface area contributed by atoms with Crippen LogP contribution in [0.4, 0.5) is 0 Å². The summed E-state index contributed by atoms with van der Waals surface area (Å²) in [5, 5.41) is 2.76. The Kier molecular flexibility index (Phi) is 6.52. The molecule has 1 aliphatic heterocycles. The average Bonchev–Trinajstić information content (AvgIpc) is 2.56. The molecule has 1 fully saturated rings. The minimum atomic E-state index is -3.69. The van der Waals surface area contributed by atoms with Gasteiger partial charge in [0.15, 0.2) is 0 Å². The average molecular weight is 341 g/mol. The summed E-state index contributed by atoms with van der Waals surface area (Å²) in [6, 6.07) is 7.17. The van der Waals surface area contributed by atoms with Crippen molar-refractivity contribution in [1.82, 2.24) is 14.9 Å². The van der Waals surface area contributed by atoms with Crippen molar-refractivity contribution >= 4 is 15.9 Å². The fraction of sp³-hybridized carbons (Fsp3) is 0.533. The molecule has 1 aromatic rings. The monoisotopic (exact) mass is 341 g/mol. The van der Waals surface area contributed by atoms with Crippen molar-refractivity contribution in [3.8, 4) is 0 Å². The first-order chi connectivity index (χ1) is 11.0. The standard InChI is InChI=1S/C15H23N3O4S/c1-13(17-23(20,21)14-5-3-2-4-6-14)15(19)16-7-8-18-9-11-22-12-10-18/h2-6,13,17H,7-12H2,1H3,(H,16,19)/t13-/m0/s1. The largest absolute Gasteiger partial charge is 0.379 e. The maximum Gasteiger partial charge on any atom is 0.241 e. The van der Waals surface area contributed by atoms with Crippen LogP contribution in [0.15, 0.2) is 35.2 Å². The van der Waals surface area contributed by atoms with Crippen molar-refractivity contribution in [3.63, 3.8) is 0 Å². The number of hydrogen-bond donors (Lipinski definition) is 2. The Morgan fingerprint density at radius 3 is 2.57 bits per heavy atom. The molecule has 0 unspecified atom stereocenters. The minimum absolute atomic E-state index is 0.146. The molecule has 0 aromatic heterocycles. The highest BCUT2D eigenvalue weighted by molar-refractivity contribution is 7.89. The second-order valence-corrected chi connectivity index (χ2v) is 7.12. The van der Waals surface area contributed by atoms with Crippen molar-refractivity contribution in [2.45, 2.75) is 17.9 Å². The van der Waals surface area contributed by atoms with Crippen molar-refractivity contribution in [1.29, 1.82) is 0 Å². The Morgan fingerprint density at radius 1 is 1.26 bits per heavy atom. The number of carbonyl (C=O) groups excluding carboxylic acids is 1. The Bertz CT molecular complexity index is 600. The highest BCUT2D eigenvalue weighted by atomic mass is 32.2. The molecule has 1 atom stereocenters. The molecule has 7 nitrogen and oxygen atoms in total. The predicted molar refractivity (Wildman–Crippen MR) is 86.5 cm³/mol. The van der Waals surface area contributed by atoms with Crippen molar-refractivity contribution < 1.29 is 17.9 Å². The first kappa shape index (κ1) is 17.9. The zero-order chi connectivity index (χ0) is 16.7. The van der Waals surface area contributed by atoms with E-state index >= 15 is 0 Å². The molecular formula is C15H23N3O4S. The normalized spacial score (nSPS) is 17.6. The summed E-state index contributed by atoms with van der Waals surface area (Å²) in [6.07, 6.45) is 0. The van der Waals surface area contributed by atoms with Crippen LogP contribution >= 0.6 is 0 Å². The highest BCUT2D eigenvalue weighted by Gasteiger charge is 2.21. The lowest BCUT2D eigenvalue weighted by Crippen LogP contribution is -2.47. The highest BCUT2D eigenvalue weighted by Crippen LogP contribution is 2.07. The molecule has 0 spiro atoms. The van der Waals surface area contributed by atoms with Crippen LogP contribution in [0, 0.1) is 0 Å². The van der Waals surface area contributed by atoms with Crippen LogP contribution in [0.5, 0.6) is 0 Å². The number of carbonyl (C=O) groups is 1. The third-order valence-electron chi connectivity index (χ3n) is 3.61. The third kappa shape index (κ3) is 5.58. The van der Waals surface area contributed by atoms with Crippen LogP contribution in [-0.4, -0.2) is 64.7 Å². The number of hydrogen-bond acceptors (Lipinski definition) is 5. The fourth-order valence-electron chi connectivity index (χ4n) is 2.27. The lowest BCUT2D eigenvalue weighted by molar-refractivity contribution is -0.122. The maximum absolute atomic E-state index is 12.2. The van der Waals surface area contributed by atoms with Gasteiger partial charge < -0.3 is 10.1 Å². The number of ether oxygens (including phenoxy) is 1. The molecule has 0 saturated carbocycles. The Balaban J connectivity index is 1.78. The van der Waals surface area contributed by atoms with Crippen molar-refractivity contribution in [2.75, 3.05) is 39.4 Å². The molecule has 1 saturated heterocycles. The summed E-state index contributed by atoms with van der Waals surface area (Å²) in [7, 11) is -3.69. The van der Waals surface area contributed by atoms with Crippen LogP contribution in [0.2, 0.25) is 0 Å². The van der Waals surface area contributed by atoms with E-state index in [1.807, 2.05) is 0 Å². The van der Waals surface area contributed by atoms with E-state index in [9.17, 15) is 13.2 Å². The molecule has 0 aliphatic carbocycles. The first-order valence-corrected chi connectivity index (χ1v) is 9.12. The topological polar surface area (TPSA) is 87.7 Å². The van der Waals surface area contributed by atoms with Gasteiger partial charge >= 0.3 is 0 Å². The summed E-state index contributed by atoms with van der Waals surface area (Å²) in [6.45, 7) is 5.87. The molecular weight excluding hydrogens is 318 g/mol. The Morgan fingerprint density at radius 2 is 1.91 bits per heavy atom. The van der Waals surface area contributed by atoms with E-state index in [1.54, 1.807) is 18.2 Å². The Hall–Kier alpha value is -1.48. The summed E-state index contributed by atoms with van der Waals surface area (Å²) in [4.78, 5) is 14.4. The van der Waals surface area contributed by atoms with E-state index in [-0.39, 0.29) is 10.8 Å². The number of nitrogens with zero attached hydrogens (tertiary/aromatic N) is 1. The van der Waals surface area contributed by atoms with Gasteiger partial charge in [0.1, 0.15) is 0 Å². The molecule has 0 bridgehead atoms. The number of morpholine rings is 1. The van der Waals surface area contributed by atoms with Gasteiger partial charge in [0.25, 0.3) is 0 Å². The Labute approximate surface area is 137 Å². The van der Waals surface area contributed by atoms with Crippen LogP contribution < -0.4 is 10.0 Å². The van der Waals surface area contributed by atoms with Gasteiger partial charge in [0, 0.05) is 26.2 Å². The number of benzene rings is 1. The van der Waals surface area contributed by atoms with E-state index in [0.29, 0.717) is 19.8 Å². The van der Waals surface area contributed by atoms with Gasteiger partial charge in [-0.2, -0.15) is 4.72 Å². The van der Waals surface area contributed by atoms with Gasteiger partial charge in [-0.25, -0.2) is 8.42 Å². The fourth-order valence-corrected chi connectivity index (χ4v) is 3.49. The SMILES string of the molecule is C[C@H](NS(=O)(=O)c1ccccc1)C(=O)NCCN1CCOCC1. The summed E-state index contributed by atoms with van der Waals surface area (Å²) in [5.41, 5.74) is 0. The molecule has 23 heavy (non-hydrogen) atoms. The quantitative estimate of drug-likeness (QED) is 0.717. The summed E-state index contributed by atoms with van der Waals surface area (Å²) in [5.74, 6) is -0.335. The summed E-state index contributed by atoms with van der Waals surface area (Å²) < 4.78 is 32.0. The van der Waals surface area contributed by atoms with Crippen molar-refractivity contribution in [3.05, 3.63) is 30.3 Å². The molecule has 0 radical (unpaired) electrons. The minimum Gasteiger partial charge on any atom is -0.379 e. The maximum atomic E-state index is 12.2. The van der Waals surface area contributed by atoms with Crippen LogP contribution in [0.1, 0.15) is 6.92 Å². The van der Waals surface area contributed by atoms with Gasteiger partial charge in [0.05, 0.1) is 24.2 Å². The van der Waals surface area contributed by atoms with Gasteiger partial charge in [-0.3, -0.25) is 9.69 Å². The van der Waals surface area contributed by atoms with Crippen LogP contribution in [0.25, 0.3) is 0 Å². The van der Waals surface area contributed by atoms with Gasteiger partial charge in [-0.15, -0.1) is 0 Å². The smallest absolute Gasteiger partial charge is 0.241 e. The third-order valence-corrected chi connectivity index (χ3v) is 5.17. The van der Waals surface area contributed by atoms with Crippen LogP contribution in [-0.2, 0) is 19.6 Å². The van der Waals surface area contributed by atoms with E-state index in [2.05, 4.69) is 14.9 Å². The molecule has 2 rings (SSSR count). The zero-order valence-electron chi connectivity index (χ0n) is 13.2. The second-order valence-electron chi connectivity index (χ2n) is 5.40. The molecule has 1 amide bonds. The zero-order valence-corrected chi connectivity index (χ0v) is 14.0. The van der Waals surface area contributed by atoms with Gasteiger partial charge in [-0.05, 0) is 19.1 Å². The lowest BCUT2D eigenvalue weighted by atomic mass is 10.3. The summed E-state index contributed by atoms with van der Waals surface area (Å²) >= 11 is 0. The first-order valence-electron chi connectivity index (χ1n) is 7.64. The molecule has 8 heteroatoms.